The quantitative estimate of drug-likeness (QED) is 0.366. The van der Waals surface area contributed by atoms with Crippen LogP contribution in [-0.4, -0.2) is 65.9 Å². The molecule has 0 spiro atoms. The Labute approximate surface area is 202 Å². The minimum Gasteiger partial charge on any atom is -0.492 e. The molecule has 174 valence electrons. The number of nitrogens with zero attached hydrogens (tertiary/aromatic N) is 4. The number of benzene rings is 2. The Morgan fingerprint density at radius 3 is 2.73 bits per heavy atom. The van der Waals surface area contributed by atoms with E-state index >= 15 is 0 Å². The molecule has 0 radical (unpaired) electrons. The molecular weight excluding hydrogens is 462 g/mol. The number of morpholine rings is 1. The van der Waals surface area contributed by atoms with Crippen LogP contribution >= 0.6 is 23.4 Å². The maximum atomic E-state index is 12.4. The van der Waals surface area contributed by atoms with Crippen molar-refractivity contribution < 1.29 is 14.3 Å². The van der Waals surface area contributed by atoms with Gasteiger partial charge in [0, 0.05) is 18.1 Å². The summed E-state index contributed by atoms with van der Waals surface area (Å²) in [6.07, 6.45) is 0. The SMILES string of the molecule is Cc1cccc(-n2c(SCC(=O)NCCOc3ccc(Cl)cc3)nnc2N2CCOCC2)c1. The molecule has 1 amide bonds. The number of thioether (sulfide) groups is 1. The lowest BCUT2D eigenvalue weighted by atomic mass is 10.2. The standard InChI is InChI=1S/C23H26ClN5O3S/c1-17-3-2-4-19(15-17)29-22(28-10-13-31-14-11-28)26-27-23(29)33-16-21(30)25-9-12-32-20-7-5-18(24)6-8-20/h2-8,15H,9-14,16H2,1H3,(H,25,30). The molecule has 4 rings (SSSR count). The Morgan fingerprint density at radius 1 is 1.18 bits per heavy atom. The Hall–Kier alpha value is -2.75. The average molecular weight is 488 g/mol. The zero-order chi connectivity index (χ0) is 23.0. The molecule has 1 N–H and O–H groups in total. The summed E-state index contributed by atoms with van der Waals surface area (Å²) in [7, 11) is 0. The van der Waals surface area contributed by atoms with Gasteiger partial charge in [0.25, 0.3) is 0 Å². The zero-order valence-electron chi connectivity index (χ0n) is 18.4. The number of halogens is 1. The van der Waals surface area contributed by atoms with Crippen molar-refractivity contribution in [3.63, 3.8) is 0 Å². The van der Waals surface area contributed by atoms with Crippen molar-refractivity contribution in [3.05, 3.63) is 59.1 Å². The van der Waals surface area contributed by atoms with Crippen molar-refractivity contribution >= 4 is 35.2 Å². The summed E-state index contributed by atoms with van der Waals surface area (Å²) in [5.41, 5.74) is 2.12. The lowest BCUT2D eigenvalue weighted by molar-refractivity contribution is -0.118. The third kappa shape index (κ3) is 6.40. The van der Waals surface area contributed by atoms with Crippen molar-refractivity contribution in [1.82, 2.24) is 20.1 Å². The van der Waals surface area contributed by atoms with Gasteiger partial charge in [0.2, 0.25) is 11.9 Å². The van der Waals surface area contributed by atoms with Crippen LogP contribution in [0.5, 0.6) is 5.75 Å². The number of anilines is 1. The Morgan fingerprint density at radius 2 is 1.97 bits per heavy atom. The number of carbonyl (C=O) groups is 1. The summed E-state index contributed by atoms with van der Waals surface area (Å²) in [6, 6.07) is 15.3. The number of ether oxygens (including phenoxy) is 2. The van der Waals surface area contributed by atoms with Crippen molar-refractivity contribution in [3.8, 4) is 11.4 Å². The average Bonchev–Trinajstić information content (AvgIpc) is 3.26. The topological polar surface area (TPSA) is 81.5 Å². The second kappa shape index (κ2) is 11.4. The van der Waals surface area contributed by atoms with Crippen LogP contribution in [0.25, 0.3) is 5.69 Å². The number of aryl methyl sites for hydroxylation is 1. The Balaban J connectivity index is 1.36. The highest BCUT2D eigenvalue weighted by Gasteiger charge is 2.22. The van der Waals surface area contributed by atoms with Crippen LogP contribution in [0.4, 0.5) is 5.95 Å². The number of hydrogen-bond donors (Lipinski definition) is 1. The van der Waals surface area contributed by atoms with E-state index in [0.29, 0.717) is 42.3 Å². The highest BCUT2D eigenvalue weighted by molar-refractivity contribution is 7.99. The summed E-state index contributed by atoms with van der Waals surface area (Å²) >= 11 is 7.23. The van der Waals surface area contributed by atoms with E-state index in [-0.39, 0.29) is 11.7 Å². The lowest BCUT2D eigenvalue weighted by Gasteiger charge is -2.28. The molecule has 8 nitrogen and oxygen atoms in total. The molecule has 0 saturated carbocycles. The minimum atomic E-state index is -0.0913. The number of nitrogens with one attached hydrogen (secondary N) is 1. The molecule has 1 fully saturated rings. The Bertz CT molecular complexity index is 1070. The van der Waals surface area contributed by atoms with Gasteiger partial charge in [0.15, 0.2) is 5.16 Å². The van der Waals surface area contributed by atoms with Gasteiger partial charge in [-0.15, -0.1) is 10.2 Å². The fourth-order valence-corrected chi connectivity index (χ4v) is 4.29. The number of aromatic nitrogens is 3. The molecule has 1 aromatic heterocycles. The minimum absolute atomic E-state index is 0.0913. The van der Waals surface area contributed by atoms with Gasteiger partial charge in [-0.05, 0) is 48.9 Å². The second-order valence-corrected chi connectivity index (χ2v) is 8.88. The molecular formula is C23H26ClN5O3S. The molecule has 2 heterocycles. The highest BCUT2D eigenvalue weighted by Crippen LogP contribution is 2.27. The van der Waals surface area contributed by atoms with Gasteiger partial charge in [0.05, 0.1) is 31.2 Å². The first-order valence-corrected chi connectivity index (χ1v) is 12.1. The number of rotatable bonds is 9. The van der Waals surface area contributed by atoms with Gasteiger partial charge in [-0.1, -0.05) is 35.5 Å². The molecule has 10 heteroatoms. The first kappa shape index (κ1) is 23.4. The second-order valence-electron chi connectivity index (χ2n) is 7.50. The summed E-state index contributed by atoms with van der Waals surface area (Å²) in [5.74, 6) is 1.62. The third-order valence-electron chi connectivity index (χ3n) is 5.01. The van der Waals surface area contributed by atoms with Crippen LogP contribution < -0.4 is 15.0 Å². The Kier molecular flexibility index (Phi) is 8.09. The fourth-order valence-electron chi connectivity index (χ4n) is 3.39. The summed E-state index contributed by atoms with van der Waals surface area (Å²) in [6.45, 7) is 5.65. The van der Waals surface area contributed by atoms with E-state index < -0.39 is 0 Å². The fraction of sp³-hybridized carbons (Fsp3) is 0.348. The monoisotopic (exact) mass is 487 g/mol. The van der Waals surface area contributed by atoms with Crippen LogP contribution in [0.15, 0.2) is 53.7 Å². The molecule has 0 aliphatic carbocycles. The molecule has 1 saturated heterocycles. The zero-order valence-corrected chi connectivity index (χ0v) is 19.9. The van der Waals surface area contributed by atoms with E-state index in [0.717, 1.165) is 30.3 Å². The van der Waals surface area contributed by atoms with Crippen LogP contribution in [0.3, 0.4) is 0 Å². The molecule has 0 bridgehead atoms. The molecule has 1 aliphatic heterocycles. The molecule has 33 heavy (non-hydrogen) atoms. The normalized spacial score (nSPS) is 13.7. The number of carbonyl (C=O) groups excluding carboxylic acids is 1. The van der Waals surface area contributed by atoms with Crippen LogP contribution in [0.1, 0.15) is 5.56 Å². The van der Waals surface area contributed by atoms with Gasteiger partial charge in [-0.2, -0.15) is 0 Å². The van der Waals surface area contributed by atoms with E-state index in [9.17, 15) is 4.79 Å². The van der Waals surface area contributed by atoms with Crippen LogP contribution in [0.2, 0.25) is 5.02 Å². The first-order valence-electron chi connectivity index (χ1n) is 10.7. The number of hydrogen-bond acceptors (Lipinski definition) is 7. The van der Waals surface area contributed by atoms with Gasteiger partial charge >= 0.3 is 0 Å². The number of amides is 1. The van der Waals surface area contributed by atoms with Crippen molar-refractivity contribution in [2.75, 3.05) is 50.1 Å². The summed E-state index contributed by atoms with van der Waals surface area (Å²) < 4.78 is 13.1. The first-order chi connectivity index (χ1) is 16.1. The van der Waals surface area contributed by atoms with E-state index in [4.69, 9.17) is 21.1 Å². The van der Waals surface area contributed by atoms with Gasteiger partial charge in [-0.3, -0.25) is 9.36 Å². The molecule has 0 unspecified atom stereocenters. The van der Waals surface area contributed by atoms with Crippen molar-refractivity contribution in [2.24, 2.45) is 0 Å². The van der Waals surface area contributed by atoms with Crippen molar-refractivity contribution in [2.45, 2.75) is 12.1 Å². The predicted octanol–water partition coefficient (Wildman–Crippen LogP) is 3.35. The van der Waals surface area contributed by atoms with Gasteiger partial charge in [-0.25, -0.2) is 0 Å². The van der Waals surface area contributed by atoms with Crippen LogP contribution in [-0.2, 0) is 9.53 Å². The smallest absolute Gasteiger partial charge is 0.232 e. The lowest BCUT2D eigenvalue weighted by Crippen LogP contribution is -2.37. The highest BCUT2D eigenvalue weighted by atomic mass is 35.5. The molecule has 0 atom stereocenters. The van der Waals surface area contributed by atoms with Crippen LogP contribution in [0, 0.1) is 6.92 Å². The van der Waals surface area contributed by atoms with Crippen molar-refractivity contribution in [1.29, 1.82) is 0 Å². The van der Waals surface area contributed by atoms with E-state index in [2.05, 4.69) is 39.5 Å². The molecule has 3 aromatic rings. The maximum Gasteiger partial charge on any atom is 0.232 e. The van der Waals surface area contributed by atoms with E-state index in [1.165, 1.54) is 11.8 Å². The predicted molar refractivity (Wildman–Crippen MR) is 130 cm³/mol. The van der Waals surface area contributed by atoms with Gasteiger partial charge < -0.3 is 19.7 Å². The van der Waals surface area contributed by atoms with E-state index in [1.807, 2.05) is 16.7 Å². The summed E-state index contributed by atoms with van der Waals surface area (Å²) in [5, 5.41) is 13.0. The maximum absolute atomic E-state index is 12.4. The molecule has 2 aromatic carbocycles. The third-order valence-corrected chi connectivity index (χ3v) is 6.19. The van der Waals surface area contributed by atoms with E-state index in [1.54, 1.807) is 24.3 Å². The summed E-state index contributed by atoms with van der Waals surface area (Å²) in [4.78, 5) is 14.6. The molecule has 1 aliphatic rings. The van der Waals surface area contributed by atoms with Gasteiger partial charge in [0.1, 0.15) is 12.4 Å². The largest absolute Gasteiger partial charge is 0.492 e.